The van der Waals surface area contributed by atoms with Gasteiger partial charge in [0, 0.05) is 24.4 Å². The standard InChI is InChI=1S/C18H18FN3O/c1-13-7-17(15(8-20)9-21-13)22-10-16(18(19,11-22)12-23)14-5-3-2-4-6-14/h2-7,9,16,23H,10-12H2,1H3/t16-,18-/m1/s1. The van der Waals surface area contributed by atoms with E-state index in [1.54, 1.807) is 6.07 Å². The molecular formula is C18H18FN3O. The van der Waals surface area contributed by atoms with Crippen molar-refractivity contribution < 1.29 is 9.50 Å². The van der Waals surface area contributed by atoms with Gasteiger partial charge in [-0.15, -0.1) is 0 Å². The molecule has 2 heterocycles. The van der Waals surface area contributed by atoms with Crippen LogP contribution in [0.15, 0.2) is 42.6 Å². The molecule has 118 valence electrons. The molecule has 4 nitrogen and oxygen atoms in total. The predicted molar refractivity (Wildman–Crippen MR) is 86.0 cm³/mol. The number of benzene rings is 1. The van der Waals surface area contributed by atoms with Gasteiger partial charge < -0.3 is 10.0 Å². The molecule has 0 aliphatic carbocycles. The molecule has 0 spiro atoms. The molecule has 1 saturated heterocycles. The van der Waals surface area contributed by atoms with E-state index in [0.717, 1.165) is 11.3 Å². The number of hydrogen-bond acceptors (Lipinski definition) is 4. The van der Waals surface area contributed by atoms with Crippen molar-refractivity contribution in [2.45, 2.75) is 18.5 Å². The normalized spacial score (nSPS) is 23.7. The number of anilines is 1. The summed E-state index contributed by atoms with van der Waals surface area (Å²) < 4.78 is 15.3. The number of alkyl halides is 1. The topological polar surface area (TPSA) is 60.1 Å². The Balaban J connectivity index is 1.99. The molecule has 1 aliphatic heterocycles. The Morgan fingerprint density at radius 1 is 1.43 bits per heavy atom. The minimum absolute atomic E-state index is 0.0567. The maximum absolute atomic E-state index is 15.3. The lowest BCUT2D eigenvalue weighted by molar-refractivity contribution is 0.0751. The first kappa shape index (κ1) is 15.4. The van der Waals surface area contributed by atoms with Crippen molar-refractivity contribution in [3.05, 3.63) is 59.4 Å². The van der Waals surface area contributed by atoms with Gasteiger partial charge in [0.1, 0.15) is 6.07 Å². The van der Waals surface area contributed by atoms with Crippen LogP contribution < -0.4 is 4.90 Å². The first-order valence-electron chi connectivity index (χ1n) is 7.54. The van der Waals surface area contributed by atoms with E-state index < -0.39 is 18.2 Å². The van der Waals surface area contributed by atoms with E-state index in [0.29, 0.717) is 17.8 Å². The van der Waals surface area contributed by atoms with Crippen LogP contribution >= 0.6 is 0 Å². The van der Waals surface area contributed by atoms with Gasteiger partial charge in [-0.3, -0.25) is 4.98 Å². The minimum atomic E-state index is -1.73. The molecule has 2 atom stereocenters. The van der Waals surface area contributed by atoms with Crippen molar-refractivity contribution in [3.8, 4) is 6.07 Å². The molecule has 0 amide bonds. The number of rotatable bonds is 3. The van der Waals surface area contributed by atoms with Crippen molar-refractivity contribution in [2.75, 3.05) is 24.6 Å². The number of nitriles is 1. The molecule has 3 rings (SSSR count). The molecule has 2 aromatic rings. The Morgan fingerprint density at radius 2 is 2.17 bits per heavy atom. The zero-order valence-corrected chi connectivity index (χ0v) is 12.9. The number of aliphatic hydroxyl groups excluding tert-OH is 1. The van der Waals surface area contributed by atoms with Crippen molar-refractivity contribution in [1.82, 2.24) is 4.98 Å². The van der Waals surface area contributed by atoms with Gasteiger partial charge in [0.2, 0.25) is 0 Å². The summed E-state index contributed by atoms with van der Waals surface area (Å²) in [6, 6.07) is 13.3. The molecule has 0 radical (unpaired) electrons. The Morgan fingerprint density at radius 3 is 2.83 bits per heavy atom. The van der Waals surface area contributed by atoms with Crippen LogP contribution in [0.5, 0.6) is 0 Å². The van der Waals surface area contributed by atoms with E-state index in [1.165, 1.54) is 6.20 Å². The van der Waals surface area contributed by atoms with Crippen LogP contribution in [0.4, 0.5) is 10.1 Å². The third-order valence-electron chi connectivity index (χ3n) is 4.43. The summed E-state index contributed by atoms with van der Waals surface area (Å²) in [5.74, 6) is -0.436. The van der Waals surface area contributed by atoms with E-state index >= 15 is 4.39 Å². The smallest absolute Gasteiger partial charge is 0.159 e. The first-order chi connectivity index (χ1) is 11.1. The van der Waals surface area contributed by atoms with Crippen LogP contribution in [-0.2, 0) is 0 Å². The Bertz CT molecular complexity index is 744. The van der Waals surface area contributed by atoms with Crippen molar-refractivity contribution >= 4 is 5.69 Å². The van der Waals surface area contributed by atoms with E-state index in [9.17, 15) is 10.4 Å². The Hall–Kier alpha value is -2.45. The highest BCUT2D eigenvalue weighted by atomic mass is 19.1. The van der Waals surface area contributed by atoms with Crippen LogP contribution in [0, 0.1) is 18.3 Å². The molecule has 0 unspecified atom stereocenters. The fraction of sp³-hybridized carbons (Fsp3) is 0.333. The SMILES string of the molecule is Cc1cc(N2C[C@H](c3ccccc3)[C@](F)(CO)C2)c(C#N)cn1. The van der Waals surface area contributed by atoms with Crippen LogP contribution in [0.3, 0.4) is 0 Å². The molecule has 1 aliphatic rings. The highest BCUT2D eigenvalue weighted by Gasteiger charge is 2.48. The van der Waals surface area contributed by atoms with Gasteiger partial charge in [-0.25, -0.2) is 4.39 Å². The zero-order chi connectivity index (χ0) is 16.4. The van der Waals surface area contributed by atoms with Gasteiger partial charge in [0.25, 0.3) is 0 Å². The summed E-state index contributed by atoms with van der Waals surface area (Å²) >= 11 is 0. The number of aryl methyl sites for hydroxylation is 1. The fourth-order valence-electron chi connectivity index (χ4n) is 3.20. The van der Waals surface area contributed by atoms with E-state index in [1.807, 2.05) is 42.2 Å². The molecule has 1 aromatic carbocycles. The number of pyridine rings is 1. The van der Waals surface area contributed by atoms with E-state index in [-0.39, 0.29) is 6.54 Å². The van der Waals surface area contributed by atoms with Crippen molar-refractivity contribution in [2.24, 2.45) is 0 Å². The summed E-state index contributed by atoms with van der Waals surface area (Å²) in [6.45, 7) is 1.76. The van der Waals surface area contributed by atoms with Crippen LogP contribution in [0.2, 0.25) is 0 Å². The van der Waals surface area contributed by atoms with Gasteiger partial charge >= 0.3 is 0 Å². The van der Waals surface area contributed by atoms with Gasteiger partial charge in [-0.1, -0.05) is 30.3 Å². The molecular weight excluding hydrogens is 293 g/mol. The Kier molecular flexibility index (Phi) is 4.01. The zero-order valence-electron chi connectivity index (χ0n) is 12.9. The molecule has 1 fully saturated rings. The second kappa shape index (κ2) is 5.98. The highest BCUT2D eigenvalue weighted by molar-refractivity contribution is 5.61. The average molecular weight is 311 g/mol. The van der Waals surface area contributed by atoms with Crippen molar-refractivity contribution in [3.63, 3.8) is 0 Å². The second-order valence-electron chi connectivity index (χ2n) is 5.99. The van der Waals surface area contributed by atoms with Crippen LogP contribution in [0.1, 0.15) is 22.7 Å². The lowest BCUT2D eigenvalue weighted by atomic mass is 9.87. The predicted octanol–water partition coefficient (Wildman–Crippen LogP) is 2.57. The molecule has 0 saturated carbocycles. The Labute approximate surface area is 134 Å². The third kappa shape index (κ3) is 2.78. The summed E-state index contributed by atoms with van der Waals surface area (Å²) in [4.78, 5) is 5.96. The number of halogens is 1. The molecule has 1 N–H and O–H groups in total. The molecule has 0 bridgehead atoms. The van der Waals surface area contributed by atoms with E-state index in [4.69, 9.17) is 0 Å². The number of aliphatic hydroxyl groups is 1. The second-order valence-corrected chi connectivity index (χ2v) is 5.99. The van der Waals surface area contributed by atoms with Gasteiger partial charge in [-0.2, -0.15) is 5.26 Å². The summed E-state index contributed by atoms with van der Waals surface area (Å²) in [5, 5.41) is 18.9. The monoisotopic (exact) mass is 311 g/mol. The lowest BCUT2D eigenvalue weighted by Gasteiger charge is -2.24. The minimum Gasteiger partial charge on any atom is -0.393 e. The quantitative estimate of drug-likeness (QED) is 0.946. The maximum Gasteiger partial charge on any atom is 0.159 e. The van der Waals surface area contributed by atoms with Crippen molar-refractivity contribution in [1.29, 1.82) is 5.26 Å². The third-order valence-corrected chi connectivity index (χ3v) is 4.43. The summed E-state index contributed by atoms with van der Waals surface area (Å²) in [5.41, 5.74) is 0.996. The fourth-order valence-corrected chi connectivity index (χ4v) is 3.20. The van der Waals surface area contributed by atoms with E-state index in [2.05, 4.69) is 11.1 Å². The average Bonchev–Trinajstić information content (AvgIpc) is 2.94. The highest BCUT2D eigenvalue weighted by Crippen LogP contribution is 2.41. The largest absolute Gasteiger partial charge is 0.393 e. The first-order valence-corrected chi connectivity index (χ1v) is 7.54. The van der Waals surface area contributed by atoms with Gasteiger partial charge in [0.15, 0.2) is 5.67 Å². The number of nitrogens with zero attached hydrogens (tertiary/aromatic N) is 3. The molecule has 23 heavy (non-hydrogen) atoms. The number of aromatic nitrogens is 1. The van der Waals surface area contributed by atoms with Crippen LogP contribution in [0.25, 0.3) is 0 Å². The molecule has 5 heteroatoms. The summed E-state index contributed by atoms with van der Waals surface area (Å²) in [6.07, 6.45) is 1.51. The lowest BCUT2D eigenvalue weighted by Crippen LogP contribution is -2.36. The van der Waals surface area contributed by atoms with Gasteiger partial charge in [-0.05, 0) is 18.6 Å². The van der Waals surface area contributed by atoms with Crippen LogP contribution in [-0.4, -0.2) is 35.5 Å². The molecule has 1 aromatic heterocycles. The summed E-state index contributed by atoms with van der Waals surface area (Å²) in [7, 11) is 0. The number of hydrogen-bond donors (Lipinski definition) is 1. The van der Waals surface area contributed by atoms with Gasteiger partial charge in [0.05, 0.1) is 24.4 Å². The maximum atomic E-state index is 15.3.